The third-order valence-corrected chi connectivity index (χ3v) is 6.37. The van der Waals surface area contributed by atoms with Gasteiger partial charge in [0.25, 0.3) is 0 Å². The lowest BCUT2D eigenvalue weighted by molar-refractivity contribution is 0.608. The van der Waals surface area contributed by atoms with Crippen molar-refractivity contribution in [2.45, 2.75) is 46.2 Å². The Morgan fingerprint density at radius 3 is 2.43 bits per heavy atom. The molecule has 144 valence electrons. The quantitative estimate of drug-likeness (QED) is 0.549. The second kappa shape index (κ2) is 6.44. The zero-order valence-electron chi connectivity index (χ0n) is 17.2. The fourth-order valence-corrected chi connectivity index (χ4v) is 5.02. The van der Waals surface area contributed by atoms with E-state index in [4.69, 9.17) is 0 Å². The lowest BCUT2D eigenvalue weighted by atomic mass is 10.1. The Morgan fingerprint density at radius 2 is 1.68 bits per heavy atom. The van der Waals surface area contributed by atoms with Crippen molar-refractivity contribution in [1.29, 1.82) is 0 Å². The second-order valence-electron chi connectivity index (χ2n) is 8.56. The molecule has 0 aliphatic carbocycles. The molecule has 3 heterocycles. The molecule has 1 aromatic heterocycles. The number of nitrogens with zero attached hydrogens (tertiary/aromatic N) is 3. The summed E-state index contributed by atoms with van der Waals surface area (Å²) in [6.45, 7) is 14.4. The first-order valence-corrected chi connectivity index (χ1v) is 10.5. The molecule has 0 spiro atoms. The molecular weight excluding hydrogens is 342 g/mol. The van der Waals surface area contributed by atoms with E-state index >= 15 is 0 Å². The van der Waals surface area contributed by atoms with Gasteiger partial charge in [0.1, 0.15) is 0 Å². The largest absolute Gasteiger partial charge is 0.372 e. The van der Waals surface area contributed by atoms with Crippen LogP contribution in [0.2, 0.25) is 0 Å². The van der Waals surface area contributed by atoms with Gasteiger partial charge in [-0.15, -0.1) is 0 Å². The Morgan fingerprint density at radius 1 is 0.929 bits per heavy atom. The second-order valence-corrected chi connectivity index (χ2v) is 8.56. The SMILES string of the molecule is C=C1c2cc(N3CCCC3)ccc2CN1c1ccc2c(c1)cc(C)n2C(C)C. The van der Waals surface area contributed by atoms with E-state index in [0.29, 0.717) is 6.04 Å². The zero-order chi connectivity index (χ0) is 19.4. The van der Waals surface area contributed by atoms with Crippen LogP contribution in [0, 0.1) is 6.92 Å². The van der Waals surface area contributed by atoms with E-state index in [1.807, 2.05) is 0 Å². The van der Waals surface area contributed by atoms with E-state index < -0.39 is 0 Å². The normalized spacial score (nSPS) is 16.6. The summed E-state index contributed by atoms with van der Waals surface area (Å²) in [6, 6.07) is 16.5. The predicted octanol–water partition coefficient (Wildman–Crippen LogP) is 6.12. The maximum Gasteiger partial charge on any atom is 0.0488 e. The molecule has 0 unspecified atom stereocenters. The molecule has 2 aliphatic rings. The van der Waals surface area contributed by atoms with Gasteiger partial charge in [0, 0.05) is 64.9 Å². The number of hydrogen-bond donors (Lipinski definition) is 0. The van der Waals surface area contributed by atoms with Crippen LogP contribution in [0.4, 0.5) is 11.4 Å². The van der Waals surface area contributed by atoms with Crippen LogP contribution in [0.5, 0.6) is 0 Å². The molecule has 0 saturated carbocycles. The van der Waals surface area contributed by atoms with Gasteiger partial charge in [0.05, 0.1) is 0 Å². The molecular formula is C25H29N3. The number of aryl methyl sites for hydroxylation is 1. The van der Waals surface area contributed by atoms with Crippen LogP contribution in [0.3, 0.4) is 0 Å². The Bertz CT molecular complexity index is 1070. The predicted molar refractivity (Wildman–Crippen MR) is 120 cm³/mol. The summed E-state index contributed by atoms with van der Waals surface area (Å²) in [5.41, 5.74) is 9.02. The van der Waals surface area contributed by atoms with Gasteiger partial charge in [-0.25, -0.2) is 0 Å². The molecule has 3 heteroatoms. The lowest BCUT2D eigenvalue weighted by Crippen LogP contribution is -2.17. The lowest BCUT2D eigenvalue weighted by Gasteiger charge is -2.21. The fourth-order valence-electron chi connectivity index (χ4n) is 5.02. The van der Waals surface area contributed by atoms with Gasteiger partial charge in [0.15, 0.2) is 0 Å². The summed E-state index contributed by atoms with van der Waals surface area (Å²) in [6.07, 6.45) is 2.61. The number of hydrogen-bond acceptors (Lipinski definition) is 2. The van der Waals surface area contributed by atoms with Crippen LogP contribution < -0.4 is 9.80 Å². The maximum absolute atomic E-state index is 4.45. The Kier molecular flexibility index (Phi) is 4.01. The van der Waals surface area contributed by atoms with Crippen molar-refractivity contribution in [2.75, 3.05) is 22.9 Å². The third kappa shape index (κ3) is 2.64. The average molecular weight is 372 g/mol. The fraction of sp³-hybridized carbons (Fsp3) is 0.360. The molecule has 0 atom stereocenters. The average Bonchev–Trinajstić information content (AvgIpc) is 3.38. The van der Waals surface area contributed by atoms with Crippen molar-refractivity contribution in [3.8, 4) is 0 Å². The van der Waals surface area contributed by atoms with Crippen LogP contribution in [-0.2, 0) is 6.54 Å². The first-order valence-electron chi connectivity index (χ1n) is 10.5. The molecule has 0 amide bonds. The molecule has 0 bridgehead atoms. The van der Waals surface area contributed by atoms with Crippen molar-refractivity contribution in [1.82, 2.24) is 4.57 Å². The van der Waals surface area contributed by atoms with Crippen molar-refractivity contribution >= 4 is 28.0 Å². The summed E-state index contributed by atoms with van der Waals surface area (Å²) < 4.78 is 2.41. The van der Waals surface area contributed by atoms with E-state index in [-0.39, 0.29) is 0 Å². The Balaban J connectivity index is 1.49. The molecule has 3 nitrogen and oxygen atoms in total. The van der Waals surface area contributed by atoms with Crippen LogP contribution >= 0.6 is 0 Å². The van der Waals surface area contributed by atoms with Gasteiger partial charge in [0.2, 0.25) is 0 Å². The van der Waals surface area contributed by atoms with E-state index in [9.17, 15) is 0 Å². The zero-order valence-corrected chi connectivity index (χ0v) is 17.2. The minimum Gasteiger partial charge on any atom is -0.372 e. The van der Waals surface area contributed by atoms with E-state index in [0.717, 1.165) is 12.2 Å². The minimum atomic E-state index is 0.471. The standard InChI is InChI=1S/C25H29N3/c1-17(2)28-18(3)13-21-14-23(9-10-25(21)28)27-16-20-7-8-22(15-24(20)19(27)4)26-11-5-6-12-26/h7-10,13-15,17H,4-6,11-12,16H2,1-3H3. The van der Waals surface area contributed by atoms with Gasteiger partial charge in [-0.2, -0.15) is 0 Å². The van der Waals surface area contributed by atoms with Crippen molar-refractivity contribution in [3.05, 3.63) is 65.9 Å². The summed E-state index contributed by atoms with van der Waals surface area (Å²) in [7, 11) is 0. The number of aromatic nitrogens is 1. The first kappa shape index (κ1) is 17.4. The molecule has 1 saturated heterocycles. The van der Waals surface area contributed by atoms with E-state index in [2.05, 4.69) is 84.2 Å². The van der Waals surface area contributed by atoms with Crippen molar-refractivity contribution < 1.29 is 0 Å². The topological polar surface area (TPSA) is 11.4 Å². The Labute approximate surface area is 167 Å². The molecule has 0 N–H and O–H groups in total. The molecule has 28 heavy (non-hydrogen) atoms. The number of benzene rings is 2. The van der Waals surface area contributed by atoms with Gasteiger partial charge in [-0.1, -0.05) is 12.6 Å². The summed E-state index contributed by atoms with van der Waals surface area (Å²) in [4.78, 5) is 4.86. The van der Waals surface area contributed by atoms with Crippen LogP contribution in [0.1, 0.15) is 49.6 Å². The molecule has 0 radical (unpaired) electrons. The third-order valence-electron chi connectivity index (χ3n) is 6.37. The van der Waals surface area contributed by atoms with Crippen LogP contribution in [-0.4, -0.2) is 17.7 Å². The van der Waals surface area contributed by atoms with Crippen LogP contribution in [0.15, 0.2) is 49.0 Å². The maximum atomic E-state index is 4.45. The highest BCUT2D eigenvalue weighted by atomic mass is 15.2. The number of fused-ring (bicyclic) bond motifs is 2. The van der Waals surface area contributed by atoms with Crippen LogP contribution in [0.25, 0.3) is 16.6 Å². The van der Waals surface area contributed by atoms with Crippen molar-refractivity contribution in [2.24, 2.45) is 0 Å². The highest BCUT2D eigenvalue weighted by Crippen LogP contribution is 2.39. The minimum absolute atomic E-state index is 0.471. The summed E-state index contributed by atoms with van der Waals surface area (Å²) in [5.74, 6) is 0. The highest BCUT2D eigenvalue weighted by Gasteiger charge is 2.25. The molecule has 2 aromatic carbocycles. The van der Waals surface area contributed by atoms with Gasteiger partial charge < -0.3 is 14.4 Å². The molecule has 2 aliphatic heterocycles. The smallest absolute Gasteiger partial charge is 0.0488 e. The molecule has 3 aromatic rings. The van der Waals surface area contributed by atoms with Gasteiger partial charge in [-0.05, 0) is 75.6 Å². The molecule has 5 rings (SSSR count). The summed E-state index contributed by atoms with van der Waals surface area (Å²) in [5, 5.41) is 1.31. The monoisotopic (exact) mass is 371 g/mol. The first-order chi connectivity index (χ1) is 13.5. The van der Waals surface area contributed by atoms with Gasteiger partial charge >= 0.3 is 0 Å². The summed E-state index contributed by atoms with van der Waals surface area (Å²) >= 11 is 0. The van der Waals surface area contributed by atoms with E-state index in [1.54, 1.807) is 0 Å². The van der Waals surface area contributed by atoms with E-state index in [1.165, 1.54) is 65.0 Å². The Hall–Kier alpha value is -2.68. The van der Waals surface area contributed by atoms with Crippen molar-refractivity contribution in [3.63, 3.8) is 0 Å². The highest BCUT2D eigenvalue weighted by molar-refractivity contribution is 5.90. The van der Waals surface area contributed by atoms with Gasteiger partial charge in [-0.3, -0.25) is 0 Å². The number of anilines is 2. The number of rotatable bonds is 3. The molecule has 1 fully saturated rings.